The molecule has 2 N–H and O–H groups in total. The van der Waals surface area contributed by atoms with Crippen LogP contribution in [0.5, 0.6) is 5.75 Å². The number of ether oxygens (including phenoxy) is 1. The molecule has 3 rings (SSSR count). The van der Waals surface area contributed by atoms with Crippen LogP contribution in [0.1, 0.15) is 27.0 Å². The maximum Gasteiger partial charge on any atom is 0.268 e. The molecule has 1 aromatic heterocycles. The molecule has 0 saturated heterocycles. The van der Waals surface area contributed by atoms with Gasteiger partial charge in [0.15, 0.2) is 0 Å². The van der Waals surface area contributed by atoms with Crippen molar-refractivity contribution in [2.24, 2.45) is 0 Å². The highest BCUT2D eigenvalue weighted by Gasteiger charge is 2.20. The van der Waals surface area contributed by atoms with Gasteiger partial charge in [0, 0.05) is 19.7 Å². The van der Waals surface area contributed by atoms with Crippen molar-refractivity contribution in [3.63, 3.8) is 0 Å². The number of anilines is 3. The molecule has 30 heavy (non-hydrogen) atoms. The minimum absolute atomic E-state index is 0.192. The van der Waals surface area contributed by atoms with E-state index in [1.807, 2.05) is 5.38 Å². The fourth-order valence-corrected chi connectivity index (χ4v) is 3.60. The molecule has 7 nitrogen and oxygen atoms in total. The van der Waals surface area contributed by atoms with Crippen LogP contribution >= 0.6 is 11.3 Å². The topological polar surface area (TPSA) is 87.7 Å². The number of amides is 3. The first-order valence-corrected chi connectivity index (χ1v) is 9.96. The molecule has 0 aliphatic rings. The maximum atomic E-state index is 13.0. The molecule has 0 unspecified atom stereocenters. The van der Waals surface area contributed by atoms with Crippen molar-refractivity contribution in [1.29, 1.82) is 0 Å². The Morgan fingerprint density at radius 2 is 1.77 bits per heavy atom. The molecule has 0 radical (unpaired) electrons. The molecule has 0 spiro atoms. The van der Waals surface area contributed by atoms with Crippen LogP contribution in [-0.4, -0.2) is 31.9 Å². The van der Waals surface area contributed by atoms with Crippen LogP contribution in [0, 0.1) is 0 Å². The highest BCUT2D eigenvalue weighted by molar-refractivity contribution is 7.12. The zero-order valence-corrected chi connectivity index (χ0v) is 17.6. The smallest absolute Gasteiger partial charge is 0.268 e. The number of para-hydroxylation sites is 1. The van der Waals surface area contributed by atoms with Crippen molar-refractivity contribution in [1.82, 2.24) is 0 Å². The predicted molar refractivity (Wildman–Crippen MR) is 119 cm³/mol. The zero-order valence-electron chi connectivity index (χ0n) is 16.8. The van der Waals surface area contributed by atoms with E-state index in [1.165, 1.54) is 30.3 Å². The van der Waals surface area contributed by atoms with Crippen LogP contribution in [0.25, 0.3) is 0 Å². The molecule has 0 aliphatic heterocycles. The Hall–Kier alpha value is -3.65. The lowest BCUT2D eigenvalue weighted by Gasteiger charge is -2.20. The van der Waals surface area contributed by atoms with E-state index in [4.69, 9.17) is 4.74 Å². The van der Waals surface area contributed by atoms with Crippen molar-refractivity contribution < 1.29 is 19.1 Å². The van der Waals surface area contributed by atoms with E-state index in [1.54, 1.807) is 61.6 Å². The third kappa shape index (κ3) is 4.66. The Kier molecular flexibility index (Phi) is 6.48. The fraction of sp³-hybridized carbons (Fsp3) is 0.136. The molecule has 154 valence electrons. The second-order valence-electron chi connectivity index (χ2n) is 6.41. The van der Waals surface area contributed by atoms with Crippen molar-refractivity contribution >= 4 is 46.1 Å². The summed E-state index contributed by atoms with van der Waals surface area (Å²) in [5.41, 5.74) is 1.76. The minimum atomic E-state index is -0.379. The second kappa shape index (κ2) is 9.23. The van der Waals surface area contributed by atoms with Gasteiger partial charge in [-0.25, -0.2) is 0 Å². The lowest BCUT2D eigenvalue weighted by molar-refractivity contribution is -0.114. The lowest BCUT2D eigenvalue weighted by atomic mass is 10.1. The first kappa shape index (κ1) is 21.1. The van der Waals surface area contributed by atoms with Crippen LogP contribution in [-0.2, 0) is 4.79 Å². The van der Waals surface area contributed by atoms with E-state index in [-0.39, 0.29) is 17.7 Å². The summed E-state index contributed by atoms with van der Waals surface area (Å²) >= 11 is 1.34. The Morgan fingerprint density at radius 3 is 2.43 bits per heavy atom. The molecule has 3 amide bonds. The molecular formula is C22H21N3O4S. The molecule has 2 aromatic carbocycles. The van der Waals surface area contributed by atoms with Crippen LogP contribution in [0.2, 0.25) is 0 Å². The van der Waals surface area contributed by atoms with E-state index in [9.17, 15) is 14.4 Å². The van der Waals surface area contributed by atoms with Gasteiger partial charge in [-0.2, -0.15) is 0 Å². The number of thiophene rings is 1. The van der Waals surface area contributed by atoms with E-state index < -0.39 is 0 Å². The molecule has 1 heterocycles. The van der Waals surface area contributed by atoms with Crippen molar-refractivity contribution in [2.45, 2.75) is 6.92 Å². The SMILES string of the molecule is COc1ccc(NC(=O)c2ccccc2N(C)C(=O)c2cccs2)cc1NC(C)=O. The maximum absolute atomic E-state index is 13.0. The summed E-state index contributed by atoms with van der Waals surface area (Å²) in [7, 11) is 3.13. The van der Waals surface area contributed by atoms with Gasteiger partial charge in [0.25, 0.3) is 11.8 Å². The third-order valence-electron chi connectivity index (χ3n) is 4.31. The van der Waals surface area contributed by atoms with Crippen molar-refractivity contribution in [3.8, 4) is 5.75 Å². The van der Waals surface area contributed by atoms with E-state index in [2.05, 4.69) is 10.6 Å². The highest BCUT2D eigenvalue weighted by atomic mass is 32.1. The highest BCUT2D eigenvalue weighted by Crippen LogP contribution is 2.29. The number of methoxy groups -OCH3 is 1. The van der Waals surface area contributed by atoms with Crippen LogP contribution < -0.4 is 20.3 Å². The molecule has 0 bridgehead atoms. The summed E-state index contributed by atoms with van der Waals surface area (Å²) in [6.07, 6.45) is 0. The third-order valence-corrected chi connectivity index (χ3v) is 5.17. The average molecular weight is 423 g/mol. The number of benzene rings is 2. The molecule has 0 atom stereocenters. The largest absolute Gasteiger partial charge is 0.495 e. The van der Waals surface area contributed by atoms with Gasteiger partial charge in [-0.15, -0.1) is 11.3 Å². The second-order valence-corrected chi connectivity index (χ2v) is 7.36. The number of nitrogens with zero attached hydrogens (tertiary/aromatic N) is 1. The summed E-state index contributed by atoms with van der Waals surface area (Å²) in [5, 5.41) is 7.31. The Morgan fingerprint density at radius 1 is 1.00 bits per heavy atom. The quantitative estimate of drug-likeness (QED) is 0.621. The predicted octanol–water partition coefficient (Wildman–Crippen LogP) is 4.24. The van der Waals surface area contributed by atoms with Gasteiger partial charge < -0.3 is 20.3 Å². The first-order chi connectivity index (χ1) is 14.4. The molecule has 0 aliphatic carbocycles. The number of nitrogens with one attached hydrogen (secondary N) is 2. The summed E-state index contributed by atoms with van der Waals surface area (Å²) in [5.74, 6) is -0.348. The van der Waals surface area contributed by atoms with Crippen molar-refractivity contribution in [2.75, 3.05) is 29.7 Å². The number of carbonyl (C=O) groups excluding carboxylic acids is 3. The molecule has 0 fully saturated rings. The van der Waals surface area contributed by atoms with Gasteiger partial charge in [-0.1, -0.05) is 18.2 Å². The van der Waals surface area contributed by atoms with Crippen LogP contribution in [0.4, 0.5) is 17.1 Å². The fourth-order valence-electron chi connectivity index (χ4n) is 2.90. The minimum Gasteiger partial charge on any atom is -0.495 e. The summed E-state index contributed by atoms with van der Waals surface area (Å²) in [6, 6.07) is 15.4. The summed E-state index contributed by atoms with van der Waals surface area (Å²) in [4.78, 5) is 39.1. The van der Waals surface area contributed by atoms with E-state index in [0.29, 0.717) is 33.3 Å². The van der Waals surface area contributed by atoms with Gasteiger partial charge in [0.2, 0.25) is 5.91 Å². The summed E-state index contributed by atoms with van der Waals surface area (Å²) in [6.45, 7) is 1.39. The number of carbonyl (C=O) groups is 3. The molecular weight excluding hydrogens is 402 g/mol. The number of rotatable bonds is 6. The standard InChI is InChI=1S/C22H21N3O4S/c1-14(26)23-17-13-15(10-11-19(17)29-3)24-21(27)16-7-4-5-8-18(16)25(2)22(28)20-9-6-12-30-20/h4-13H,1-3H3,(H,23,26)(H,24,27). The average Bonchev–Trinajstić information content (AvgIpc) is 3.27. The van der Waals surface area contributed by atoms with Crippen molar-refractivity contribution in [3.05, 3.63) is 70.4 Å². The number of hydrogen-bond acceptors (Lipinski definition) is 5. The zero-order chi connectivity index (χ0) is 21.7. The molecule has 8 heteroatoms. The lowest BCUT2D eigenvalue weighted by Crippen LogP contribution is -2.28. The Labute approximate surface area is 178 Å². The normalized spacial score (nSPS) is 10.2. The Bertz CT molecular complexity index is 1080. The molecule has 3 aromatic rings. The van der Waals surface area contributed by atoms with E-state index in [0.717, 1.165) is 0 Å². The summed E-state index contributed by atoms with van der Waals surface area (Å²) < 4.78 is 5.23. The van der Waals surface area contributed by atoms with Gasteiger partial charge in [-0.3, -0.25) is 14.4 Å². The van der Waals surface area contributed by atoms with Gasteiger partial charge >= 0.3 is 0 Å². The Balaban J connectivity index is 1.86. The first-order valence-electron chi connectivity index (χ1n) is 9.08. The van der Waals surface area contributed by atoms with Gasteiger partial charge in [-0.05, 0) is 41.8 Å². The van der Waals surface area contributed by atoms with Gasteiger partial charge in [0.05, 0.1) is 28.9 Å². The van der Waals surface area contributed by atoms with Gasteiger partial charge in [0.1, 0.15) is 5.75 Å². The number of hydrogen-bond donors (Lipinski definition) is 2. The van der Waals surface area contributed by atoms with Crippen LogP contribution in [0.15, 0.2) is 60.0 Å². The van der Waals surface area contributed by atoms with E-state index >= 15 is 0 Å². The monoisotopic (exact) mass is 423 g/mol. The molecule has 0 saturated carbocycles. The van der Waals surface area contributed by atoms with Crippen LogP contribution in [0.3, 0.4) is 0 Å².